The molecule has 0 saturated heterocycles. The van der Waals surface area contributed by atoms with Gasteiger partial charge in [0.2, 0.25) is 15.9 Å². The van der Waals surface area contributed by atoms with Gasteiger partial charge in [-0.25, -0.2) is 12.8 Å². The van der Waals surface area contributed by atoms with Crippen molar-refractivity contribution >= 4 is 21.8 Å². The van der Waals surface area contributed by atoms with Crippen molar-refractivity contribution in [3.05, 3.63) is 65.0 Å². The molecule has 2 amide bonds. The van der Waals surface area contributed by atoms with Crippen molar-refractivity contribution in [3.8, 4) is 0 Å². The number of halogens is 1. The highest BCUT2D eigenvalue weighted by molar-refractivity contribution is 7.89. The first kappa shape index (κ1) is 26.5. The highest BCUT2D eigenvalue weighted by atomic mass is 32.2. The number of nitrogens with one attached hydrogen (secondary N) is 2. The van der Waals surface area contributed by atoms with Crippen LogP contribution < -0.4 is 10.6 Å². The number of rotatable bonds is 10. The average molecular weight is 478 g/mol. The summed E-state index contributed by atoms with van der Waals surface area (Å²) in [6, 6.07) is 9.63. The van der Waals surface area contributed by atoms with Crippen LogP contribution in [0.4, 0.5) is 4.39 Å². The van der Waals surface area contributed by atoms with Crippen molar-refractivity contribution in [1.29, 1.82) is 0 Å². The second-order valence-electron chi connectivity index (χ2n) is 8.11. The van der Waals surface area contributed by atoms with E-state index < -0.39 is 27.9 Å². The van der Waals surface area contributed by atoms with Crippen LogP contribution >= 0.6 is 0 Å². The molecule has 180 valence electrons. The van der Waals surface area contributed by atoms with Gasteiger partial charge in [-0.15, -0.1) is 0 Å². The van der Waals surface area contributed by atoms with E-state index in [0.29, 0.717) is 24.2 Å². The van der Waals surface area contributed by atoms with E-state index in [1.165, 1.54) is 34.6 Å². The highest BCUT2D eigenvalue weighted by Gasteiger charge is 2.26. The minimum atomic E-state index is -3.72. The summed E-state index contributed by atoms with van der Waals surface area (Å²) in [7, 11) is -3.72. The van der Waals surface area contributed by atoms with Gasteiger partial charge in [0.05, 0.1) is 4.90 Å². The number of hydrogen-bond acceptors (Lipinski definition) is 4. The lowest BCUT2D eigenvalue weighted by molar-refractivity contribution is -0.124. The standard InChI is InChI=1S/C24H32FN3O4S/c1-6-28(7-2)33(31,32)20-10-8-9-19(14-20)23(29)27-22(16(3)4)24(30)26-15-18-12-11-17(5)21(25)13-18/h8-14,16,22H,6-7,15H2,1-5H3,(H,26,30)(H,27,29)/t22-/m0/s1. The summed E-state index contributed by atoms with van der Waals surface area (Å²) in [4.78, 5) is 25.6. The summed E-state index contributed by atoms with van der Waals surface area (Å²) in [5, 5.41) is 5.42. The maximum atomic E-state index is 13.7. The largest absolute Gasteiger partial charge is 0.350 e. The Morgan fingerprint density at radius 2 is 1.73 bits per heavy atom. The SMILES string of the molecule is CCN(CC)S(=O)(=O)c1cccc(C(=O)N[C@H](C(=O)NCc2ccc(C)c(F)c2)C(C)C)c1. The molecule has 33 heavy (non-hydrogen) atoms. The van der Waals surface area contributed by atoms with Crippen LogP contribution in [-0.2, 0) is 21.4 Å². The number of nitrogens with zero attached hydrogens (tertiary/aromatic N) is 1. The molecule has 0 aliphatic carbocycles. The van der Waals surface area contributed by atoms with Crippen LogP contribution in [0.5, 0.6) is 0 Å². The molecule has 0 unspecified atom stereocenters. The molecule has 2 aromatic carbocycles. The van der Waals surface area contributed by atoms with E-state index in [-0.39, 0.29) is 28.7 Å². The first-order chi connectivity index (χ1) is 15.5. The maximum Gasteiger partial charge on any atom is 0.251 e. The summed E-state index contributed by atoms with van der Waals surface area (Å²) in [5.74, 6) is -1.55. The number of carbonyl (C=O) groups is 2. The van der Waals surface area contributed by atoms with Crippen LogP contribution in [0.15, 0.2) is 47.4 Å². The number of hydrogen-bond donors (Lipinski definition) is 2. The van der Waals surface area contributed by atoms with Crippen molar-refractivity contribution in [3.63, 3.8) is 0 Å². The van der Waals surface area contributed by atoms with Crippen molar-refractivity contribution in [2.75, 3.05) is 13.1 Å². The number of amides is 2. The molecule has 0 aliphatic heterocycles. The Labute approximate surface area is 195 Å². The zero-order chi connectivity index (χ0) is 24.8. The predicted molar refractivity (Wildman–Crippen MR) is 126 cm³/mol. The Balaban J connectivity index is 2.15. The molecule has 0 bridgehead atoms. The summed E-state index contributed by atoms with van der Waals surface area (Å²) in [5.41, 5.74) is 1.26. The third-order valence-corrected chi connectivity index (χ3v) is 7.42. The Morgan fingerprint density at radius 3 is 2.30 bits per heavy atom. The first-order valence-corrected chi connectivity index (χ1v) is 12.4. The number of benzene rings is 2. The highest BCUT2D eigenvalue weighted by Crippen LogP contribution is 2.17. The van der Waals surface area contributed by atoms with E-state index >= 15 is 0 Å². The van der Waals surface area contributed by atoms with Gasteiger partial charge >= 0.3 is 0 Å². The summed E-state index contributed by atoms with van der Waals surface area (Å²) < 4.78 is 40.6. The van der Waals surface area contributed by atoms with E-state index in [2.05, 4.69) is 10.6 Å². The Kier molecular flexibility index (Phi) is 9.13. The fourth-order valence-electron chi connectivity index (χ4n) is 3.32. The second-order valence-corrected chi connectivity index (χ2v) is 10.1. The molecule has 2 rings (SSSR count). The van der Waals surface area contributed by atoms with Crippen molar-refractivity contribution in [1.82, 2.24) is 14.9 Å². The smallest absolute Gasteiger partial charge is 0.251 e. The molecule has 0 saturated carbocycles. The molecule has 7 nitrogen and oxygen atoms in total. The predicted octanol–water partition coefficient (Wildman–Crippen LogP) is 3.24. The van der Waals surface area contributed by atoms with Gasteiger partial charge in [0.1, 0.15) is 11.9 Å². The Bertz CT molecular complexity index is 1100. The molecule has 2 N–H and O–H groups in total. The number of carbonyl (C=O) groups excluding carboxylic acids is 2. The molecule has 0 heterocycles. The zero-order valence-corrected chi connectivity index (χ0v) is 20.5. The van der Waals surface area contributed by atoms with Gasteiger partial charge in [-0.1, -0.05) is 45.9 Å². The minimum Gasteiger partial charge on any atom is -0.350 e. The van der Waals surface area contributed by atoms with Crippen molar-refractivity contribution in [2.45, 2.75) is 52.1 Å². The molecule has 9 heteroatoms. The summed E-state index contributed by atoms with van der Waals surface area (Å²) >= 11 is 0. The van der Waals surface area contributed by atoms with Crippen molar-refractivity contribution < 1.29 is 22.4 Å². The van der Waals surface area contributed by atoms with Crippen LogP contribution in [0, 0.1) is 18.7 Å². The fraction of sp³-hybridized carbons (Fsp3) is 0.417. The quantitative estimate of drug-likeness (QED) is 0.549. The van der Waals surface area contributed by atoms with Crippen LogP contribution in [0.25, 0.3) is 0 Å². The number of aryl methyl sites for hydroxylation is 1. The fourth-order valence-corrected chi connectivity index (χ4v) is 4.82. The van der Waals surface area contributed by atoms with Gasteiger partial charge in [-0.3, -0.25) is 9.59 Å². The van der Waals surface area contributed by atoms with Crippen LogP contribution in [-0.4, -0.2) is 43.7 Å². The lowest BCUT2D eigenvalue weighted by Crippen LogP contribution is -2.49. The van der Waals surface area contributed by atoms with E-state index in [4.69, 9.17) is 0 Å². The molecule has 2 aromatic rings. The van der Waals surface area contributed by atoms with E-state index in [9.17, 15) is 22.4 Å². The third-order valence-electron chi connectivity index (χ3n) is 5.38. The second kappa shape index (κ2) is 11.4. The maximum absolute atomic E-state index is 13.7. The average Bonchev–Trinajstić information content (AvgIpc) is 2.78. The van der Waals surface area contributed by atoms with Gasteiger partial charge in [-0.2, -0.15) is 4.31 Å². The molecule has 0 radical (unpaired) electrons. The number of sulfonamides is 1. The van der Waals surface area contributed by atoms with Crippen LogP contribution in [0.3, 0.4) is 0 Å². The molecule has 0 spiro atoms. The topological polar surface area (TPSA) is 95.6 Å². The molecular weight excluding hydrogens is 445 g/mol. The lowest BCUT2D eigenvalue weighted by atomic mass is 10.0. The van der Waals surface area contributed by atoms with Gasteiger partial charge < -0.3 is 10.6 Å². The Morgan fingerprint density at radius 1 is 1.06 bits per heavy atom. The van der Waals surface area contributed by atoms with Gasteiger partial charge in [0.15, 0.2) is 0 Å². The molecule has 1 atom stereocenters. The van der Waals surface area contributed by atoms with E-state index in [0.717, 1.165) is 0 Å². The normalized spacial score (nSPS) is 12.6. The third kappa shape index (κ3) is 6.61. The van der Waals surface area contributed by atoms with Crippen LogP contribution in [0.2, 0.25) is 0 Å². The monoisotopic (exact) mass is 477 g/mol. The molecular formula is C24H32FN3O4S. The van der Waals surface area contributed by atoms with E-state index in [1.54, 1.807) is 46.8 Å². The molecule has 0 fully saturated rings. The first-order valence-electron chi connectivity index (χ1n) is 10.9. The lowest BCUT2D eigenvalue weighted by Gasteiger charge is -2.22. The Hall–Kier alpha value is -2.78. The summed E-state index contributed by atoms with van der Waals surface area (Å²) in [6.45, 7) is 9.47. The molecule has 0 aliphatic rings. The minimum absolute atomic E-state index is 0.0193. The molecule has 0 aromatic heterocycles. The van der Waals surface area contributed by atoms with E-state index in [1.807, 2.05) is 0 Å². The van der Waals surface area contributed by atoms with Gasteiger partial charge in [-0.05, 0) is 48.2 Å². The summed E-state index contributed by atoms with van der Waals surface area (Å²) in [6.07, 6.45) is 0. The van der Waals surface area contributed by atoms with Crippen molar-refractivity contribution in [2.24, 2.45) is 5.92 Å². The van der Waals surface area contributed by atoms with Gasteiger partial charge in [0.25, 0.3) is 5.91 Å². The zero-order valence-electron chi connectivity index (χ0n) is 19.7. The van der Waals surface area contributed by atoms with Gasteiger partial charge in [0, 0.05) is 25.2 Å². The van der Waals surface area contributed by atoms with Crippen LogP contribution in [0.1, 0.15) is 49.2 Å².